The van der Waals surface area contributed by atoms with E-state index < -0.39 is 13.3 Å². The van der Waals surface area contributed by atoms with E-state index in [1.807, 2.05) is 0 Å². The first-order valence-corrected chi connectivity index (χ1v) is 12.4. The first-order chi connectivity index (χ1) is 8.00. The molecule has 0 aromatic heterocycles. The average molecular weight is 285 g/mol. The molecule has 0 saturated carbocycles. The van der Waals surface area contributed by atoms with Crippen LogP contribution in [0.3, 0.4) is 0 Å². The normalized spacial score (nSPS) is 11.5. The van der Waals surface area contributed by atoms with Gasteiger partial charge in [0.1, 0.15) is 0 Å². The molecule has 0 radical (unpaired) electrons. The molecule has 1 heteroatoms. The Morgan fingerprint density at radius 1 is 0.588 bits per heavy atom. The van der Waals surface area contributed by atoms with Crippen molar-refractivity contribution < 1.29 is 0 Å². The second-order valence-corrected chi connectivity index (χ2v) is 14.6. The molecule has 0 aliphatic heterocycles. The Morgan fingerprint density at radius 2 is 0.882 bits per heavy atom. The van der Waals surface area contributed by atoms with E-state index in [1.54, 1.807) is 8.79 Å². The van der Waals surface area contributed by atoms with Crippen molar-refractivity contribution in [2.45, 2.75) is 25.4 Å². The molecule has 0 saturated heterocycles. The van der Waals surface area contributed by atoms with E-state index in [-0.39, 0.29) is 0 Å². The van der Waals surface area contributed by atoms with Crippen molar-refractivity contribution in [1.29, 1.82) is 0 Å². The van der Waals surface area contributed by atoms with Gasteiger partial charge in [0.2, 0.25) is 0 Å². The molecule has 0 N–H and O–H groups in total. The van der Waals surface area contributed by atoms with Crippen molar-refractivity contribution in [3.8, 4) is 0 Å². The second-order valence-electron chi connectivity index (χ2n) is 5.36. The van der Waals surface area contributed by atoms with E-state index in [0.29, 0.717) is 0 Å². The van der Waals surface area contributed by atoms with E-state index in [4.69, 9.17) is 0 Å². The molecule has 0 nitrogen and oxygen atoms in total. The topological polar surface area (TPSA) is 0 Å². The van der Waals surface area contributed by atoms with E-state index in [1.165, 1.54) is 11.1 Å². The van der Waals surface area contributed by atoms with Crippen LogP contribution < -0.4 is 8.79 Å². The summed E-state index contributed by atoms with van der Waals surface area (Å²) >= 11 is -2.05. The summed E-state index contributed by atoms with van der Waals surface area (Å²) in [5.41, 5.74) is 2.69. The predicted octanol–water partition coefficient (Wildman–Crippen LogP) is 3.13. The first-order valence-electron chi connectivity index (χ1n) is 6.14. The number of aryl methyl sites for hydroxylation is 2. The summed E-state index contributed by atoms with van der Waals surface area (Å²) in [7, 11) is 0. The van der Waals surface area contributed by atoms with Crippen LogP contribution in [0.1, 0.15) is 11.1 Å². The molecular weight excluding hydrogens is 265 g/mol. The summed E-state index contributed by atoms with van der Waals surface area (Å²) in [4.78, 5) is 0. The molecule has 0 atom stereocenters. The van der Waals surface area contributed by atoms with Gasteiger partial charge in [0, 0.05) is 0 Å². The van der Waals surface area contributed by atoms with Gasteiger partial charge in [0.25, 0.3) is 0 Å². The summed E-state index contributed by atoms with van der Waals surface area (Å²) in [6.45, 7) is 4.30. The number of hydrogen-bond donors (Lipinski definition) is 0. The van der Waals surface area contributed by atoms with Crippen molar-refractivity contribution >= 4 is 22.1 Å². The SMILES string of the molecule is Cc1cc[c]([Ge]([CH3])([CH3])[c]2ccc(C)cc2)cc1. The quantitative estimate of drug-likeness (QED) is 0.744. The van der Waals surface area contributed by atoms with Crippen molar-refractivity contribution in [2.75, 3.05) is 0 Å². The van der Waals surface area contributed by atoms with Crippen molar-refractivity contribution in [3.05, 3.63) is 59.7 Å². The van der Waals surface area contributed by atoms with Gasteiger partial charge in [-0.15, -0.1) is 0 Å². The monoisotopic (exact) mass is 286 g/mol. The van der Waals surface area contributed by atoms with Crippen LogP contribution in [-0.2, 0) is 0 Å². The third-order valence-electron chi connectivity index (χ3n) is 3.55. The fourth-order valence-corrected chi connectivity index (χ4v) is 7.00. The third-order valence-corrected chi connectivity index (χ3v) is 11.0. The van der Waals surface area contributed by atoms with Crippen LogP contribution in [0, 0.1) is 13.8 Å². The Balaban J connectivity index is 2.41. The van der Waals surface area contributed by atoms with Gasteiger partial charge >= 0.3 is 107 Å². The van der Waals surface area contributed by atoms with Gasteiger partial charge in [-0.2, -0.15) is 0 Å². The zero-order valence-electron chi connectivity index (χ0n) is 11.1. The van der Waals surface area contributed by atoms with Gasteiger partial charge < -0.3 is 0 Å². The maximum atomic E-state index is 2.47. The van der Waals surface area contributed by atoms with Crippen LogP contribution >= 0.6 is 0 Å². The predicted molar refractivity (Wildman–Crippen MR) is 79.1 cm³/mol. The molecule has 88 valence electrons. The van der Waals surface area contributed by atoms with E-state index in [9.17, 15) is 0 Å². The fourth-order valence-electron chi connectivity index (χ4n) is 2.11. The van der Waals surface area contributed by atoms with Crippen molar-refractivity contribution in [3.63, 3.8) is 0 Å². The molecule has 0 aliphatic carbocycles. The molecular formula is C16H20Ge. The first kappa shape index (κ1) is 12.4. The second kappa shape index (κ2) is 4.69. The molecule has 0 spiro atoms. The summed E-state index contributed by atoms with van der Waals surface area (Å²) in [6, 6.07) is 18.2. The van der Waals surface area contributed by atoms with Gasteiger partial charge in [-0.25, -0.2) is 0 Å². The molecule has 0 heterocycles. The zero-order valence-corrected chi connectivity index (χ0v) is 13.2. The Hall–Kier alpha value is -1.02. The van der Waals surface area contributed by atoms with Gasteiger partial charge in [-0.1, -0.05) is 0 Å². The summed E-state index contributed by atoms with van der Waals surface area (Å²) in [6.07, 6.45) is 0. The number of rotatable bonds is 2. The zero-order chi connectivity index (χ0) is 12.5. The van der Waals surface area contributed by atoms with Crippen LogP contribution in [0.15, 0.2) is 48.5 Å². The van der Waals surface area contributed by atoms with E-state index in [0.717, 1.165) is 0 Å². The molecule has 0 unspecified atom stereocenters. The Morgan fingerprint density at radius 3 is 1.18 bits per heavy atom. The summed E-state index contributed by atoms with van der Waals surface area (Å²) < 4.78 is 3.11. The third kappa shape index (κ3) is 2.63. The van der Waals surface area contributed by atoms with E-state index >= 15 is 0 Å². The van der Waals surface area contributed by atoms with Crippen LogP contribution in [0.25, 0.3) is 0 Å². The van der Waals surface area contributed by atoms with Crippen LogP contribution in [-0.4, -0.2) is 13.3 Å². The number of benzene rings is 2. The van der Waals surface area contributed by atoms with Crippen molar-refractivity contribution in [1.82, 2.24) is 0 Å². The molecule has 0 fully saturated rings. The van der Waals surface area contributed by atoms with Crippen molar-refractivity contribution in [2.24, 2.45) is 0 Å². The number of hydrogen-bond acceptors (Lipinski definition) is 0. The van der Waals surface area contributed by atoms with Gasteiger partial charge in [-0.3, -0.25) is 0 Å². The fraction of sp³-hybridized carbons (Fsp3) is 0.250. The standard InChI is InChI=1S/C16H20Ge/c1-13-5-9-15(10-6-13)17(3,4)16-11-7-14(2)8-12-16/h5-12H,1-4H3. The Labute approximate surface area is 107 Å². The Kier molecular flexibility index (Phi) is 3.43. The van der Waals surface area contributed by atoms with Crippen LogP contribution in [0.4, 0.5) is 0 Å². The summed E-state index contributed by atoms with van der Waals surface area (Å²) in [5, 5.41) is 0. The van der Waals surface area contributed by atoms with E-state index in [2.05, 4.69) is 73.9 Å². The minimum atomic E-state index is -2.05. The molecule has 0 aliphatic rings. The van der Waals surface area contributed by atoms with Gasteiger partial charge in [-0.05, 0) is 0 Å². The molecule has 0 amide bonds. The molecule has 2 aromatic carbocycles. The average Bonchev–Trinajstić information content (AvgIpc) is 2.30. The molecule has 17 heavy (non-hydrogen) atoms. The Bertz CT molecular complexity index is 445. The summed E-state index contributed by atoms with van der Waals surface area (Å²) in [5.74, 6) is 4.94. The molecule has 2 aromatic rings. The minimum absolute atomic E-state index is 1.34. The molecule has 0 bridgehead atoms. The van der Waals surface area contributed by atoms with Gasteiger partial charge in [0.05, 0.1) is 0 Å². The van der Waals surface area contributed by atoms with Crippen LogP contribution in [0.5, 0.6) is 0 Å². The molecule has 2 rings (SSSR count). The van der Waals surface area contributed by atoms with Gasteiger partial charge in [0.15, 0.2) is 0 Å². The maximum absolute atomic E-state index is 2.47. The van der Waals surface area contributed by atoms with Crippen LogP contribution in [0.2, 0.25) is 11.5 Å².